The minimum Gasteiger partial charge on any atom is -0.488 e. The molecule has 3 heteroatoms. The number of nitrogens with zero attached hydrogens (tertiary/aromatic N) is 1. The van der Waals surface area contributed by atoms with E-state index in [9.17, 15) is 0 Å². The average molecular weight is 234 g/mol. The van der Waals surface area contributed by atoms with Gasteiger partial charge in [-0.3, -0.25) is 4.98 Å². The van der Waals surface area contributed by atoms with Gasteiger partial charge in [0.2, 0.25) is 0 Å². The van der Waals surface area contributed by atoms with Gasteiger partial charge in [0.05, 0.1) is 12.3 Å². The van der Waals surface area contributed by atoms with Crippen molar-refractivity contribution in [3.05, 3.63) is 24.0 Å². The lowest BCUT2D eigenvalue weighted by molar-refractivity contribution is 0.127. The fourth-order valence-corrected chi connectivity index (χ4v) is 2.52. The Bertz CT molecular complexity index is 354. The first-order valence-corrected chi connectivity index (χ1v) is 6.53. The van der Waals surface area contributed by atoms with Gasteiger partial charge in [-0.2, -0.15) is 0 Å². The minimum absolute atomic E-state index is 0.374. The molecule has 1 aliphatic rings. The molecule has 1 aromatic heterocycles. The Kier molecular flexibility index (Phi) is 4.37. The molecule has 0 saturated heterocycles. The Morgan fingerprint density at radius 3 is 3.12 bits per heavy atom. The third-order valence-corrected chi connectivity index (χ3v) is 3.42. The summed E-state index contributed by atoms with van der Waals surface area (Å²) >= 11 is 0. The van der Waals surface area contributed by atoms with Crippen molar-refractivity contribution >= 4 is 0 Å². The maximum Gasteiger partial charge on any atom is 0.142 e. The number of aromatic nitrogens is 1. The third-order valence-electron chi connectivity index (χ3n) is 3.42. The summed E-state index contributed by atoms with van der Waals surface area (Å²) in [7, 11) is 1.95. The van der Waals surface area contributed by atoms with E-state index < -0.39 is 0 Å². The molecule has 0 spiro atoms. The highest BCUT2D eigenvalue weighted by atomic mass is 16.5. The molecule has 94 valence electrons. The van der Waals surface area contributed by atoms with Crippen LogP contribution < -0.4 is 10.1 Å². The van der Waals surface area contributed by atoms with Gasteiger partial charge in [-0.25, -0.2) is 0 Å². The van der Waals surface area contributed by atoms with Crippen LogP contribution >= 0.6 is 0 Å². The van der Waals surface area contributed by atoms with Crippen LogP contribution in [0.1, 0.15) is 38.2 Å². The van der Waals surface area contributed by atoms with Crippen molar-refractivity contribution in [3.8, 4) is 5.75 Å². The normalized spacial score (nSPS) is 24.6. The monoisotopic (exact) mass is 234 g/mol. The van der Waals surface area contributed by atoms with Crippen molar-refractivity contribution in [3.63, 3.8) is 0 Å². The molecule has 1 N–H and O–H groups in total. The first-order valence-electron chi connectivity index (χ1n) is 6.53. The summed E-state index contributed by atoms with van der Waals surface area (Å²) in [6, 6.07) is 2.03. The molecule has 1 aliphatic carbocycles. The molecule has 1 heterocycles. The highest BCUT2D eigenvalue weighted by Gasteiger charge is 2.21. The van der Waals surface area contributed by atoms with Crippen LogP contribution in [0.25, 0.3) is 0 Å². The number of nitrogens with one attached hydrogen (secondary N) is 1. The van der Waals surface area contributed by atoms with E-state index in [1.807, 2.05) is 25.5 Å². The fraction of sp³-hybridized carbons (Fsp3) is 0.643. The number of pyridine rings is 1. The molecule has 17 heavy (non-hydrogen) atoms. The van der Waals surface area contributed by atoms with Crippen LogP contribution in [0.15, 0.2) is 18.5 Å². The van der Waals surface area contributed by atoms with Crippen molar-refractivity contribution in [1.82, 2.24) is 10.3 Å². The third kappa shape index (κ3) is 3.43. The standard InChI is InChI=1S/C14H22N2O/c1-11-4-3-5-13(8-11)17-14-10-16-7-6-12(14)9-15-2/h6-7,10-11,13,15H,3-5,8-9H2,1-2H3. The summed E-state index contributed by atoms with van der Waals surface area (Å²) in [6.45, 7) is 3.15. The Labute approximate surface area is 104 Å². The van der Waals surface area contributed by atoms with E-state index in [1.165, 1.54) is 31.2 Å². The van der Waals surface area contributed by atoms with E-state index in [0.29, 0.717) is 6.10 Å². The zero-order valence-corrected chi connectivity index (χ0v) is 10.8. The van der Waals surface area contributed by atoms with Crippen LogP contribution in [0.3, 0.4) is 0 Å². The lowest BCUT2D eigenvalue weighted by Crippen LogP contribution is -2.24. The van der Waals surface area contributed by atoms with Crippen molar-refractivity contribution in [2.75, 3.05) is 7.05 Å². The van der Waals surface area contributed by atoms with Crippen LogP contribution in [0.2, 0.25) is 0 Å². The number of rotatable bonds is 4. The summed E-state index contributed by atoms with van der Waals surface area (Å²) in [5, 5.41) is 3.16. The van der Waals surface area contributed by atoms with Crippen molar-refractivity contribution in [1.29, 1.82) is 0 Å². The molecule has 1 fully saturated rings. The molecule has 0 aliphatic heterocycles. The average Bonchev–Trinajstić information content (AvgIpc) is 2.32. The van der Waals surface area contributed by atoms with Crippen LogP contribution in [-0.4, -0.2) is 18.1 Å². The second-order valence-electron chi connectivity index (χ2n) is 5.03. The van der Waals surface area contributed by atoms with Gasteiger partial charge in [-0.05, 0) is 38.3 Å². The van der Waals surface area contributed by atoms with Crippen LogP contribution in [0, 0.1) is 5.92 Å². The first kappa shape index (κ1) is 12.4. The highest BCUT2D eigenvalue weighted by Crippen LogP contribution is 2.28. The minimum atomic E-state index is 0.374. The van der Waals surface area contributed by atoms with Crippen molar-refractivity contribution in [2.24, 2.45) is 5.92 Å². The molecular weight excluding hydrogens is 212 g/mol. The van der Waals surface area contributed by atoms with Gasteiger partial charge < -0.3 is 10.1 Å². The van der Waals surface area contributed by atoms with E-state index in [1.54, 1.807) is 0 Å². The second kappa shape index (κ2) is 6.01. The summed E-state index contributed by atoms with van der Waals surface area (Å²) in [5.41, 5.74) is 1.20. The highest BCUT2D eigenvalue weighted by molar-refractivity contribution is 5.29. The number of hydrogen-bond donors (Lipinski definition) is 1. The lowest BCUT2D eigenvalue weighted by Gasteiger charge is -2.28. The van der Waals surface area contributed by atoms with E-state index in [0.717, 1.165) is 18.2 Å². The van der Waals surface area contributed by atoms with E-state index in [4.69, 9.17) is 4.74 Å². The van der Waals surface area contributed by atoms with E-state index in [-0.39, 0.29) is 0 Å². The lowest BCUT2D eigenvalue weighted by atomic mass is 9.89. The van der Waals surface area contributed by atoms with Crippen LogP contribution in [0.4, 0.5) is 0 Å². The Balaban J connectivity index is 2.01. The van der Waals surface area contributed by atoms with Gasteiger partial charge in [0.25, 0.3) is 0 Å². The van der Waals surface area contributed by atoms with Crippen molar-refractivity contribution < 1.29 is 4.74 Å². The quantitative estimate of drug-likeness (QED) is 0.870. The van der Waals surface area contributed by atoms with Gasteiger partial charge in [0, 0.05) is 18.3 Å². The zero-order valence-electron chi connectivity index (χ0n) is 10.8. The van der Waals surface area contributed by atoms with Gasteiger partial charge in [0.1, 0.15) is 5.75 Å². The summed E-state index contributed by atoms with van der Waals surface area (Å²) in [4.78, 5) is 4.16. The second-order valence-corrected chi connectivity index (χ2v) is 5.03. The topological polar surface area (TPSA) is 34.2 Å². The summed E-state index contributed by atoms with van der Waals surface area (Å²) in [5.74, 6) is 1.74. The van der Waals surface area contributed by atoms with E-state index >= 15 is 0 Å². The molecule has 0 aromatic carbocycles. The first-order chi connectivity index (χ1) is 8.29. The predicted octanol–water partition coefficient (Wildman–Crippen LogP) is 2.76. The summed E-state index contributed by atoms with van der Waals surface area (Å²) in [6.07, 6.45) is 9.02. The molecule has 2 unspecified atom stereocenters. The molecule has 1 saturated carbocycles. The molecule has 0 amide bonds. The van der Waals surface area contributed by atoms with Crippen molar-refractivity contribution in [2.45, 2.75) is 45.3 Å². The van der Waals surface area contributed by atoms with Crippen LogP contribution in [-0.2, 0) is 6.54 Å². The summed E-state index contributed by atoms with van der Waals surface area (Å²) < 4.78 is 6.11. The molecule has 0 radical (unpaired) electrons. The smallest absolute Gasteiger partial charge is 0.142 e. The fourth-order valence-electron chi connectivity index (χ4n) is 2.52. The molecule has 3 nitrogen and oxygen atoms in total. The predicted molar refractivity (Wildman–Crippen MR) is 69.0 cm³/mol. The van der Waals surface area contributed by atoms with Gasteiger partial charge in [-0.15, -0.1) is 0 Å². The van der Waals surface area contributed by atoms with E-state index in [2.05, 4.69) is 17.2 Å². The molecule has 0 bridgehead atoms. The zero-order chi connectivity index (χ0) is 12.1. The molecular formula is C14H22N2O. The SMILES string of the molecule is CNCc1ccncc1OC1CCCC(C)C1. The number of ether oxygens (including phenoxy) is 1. The Morgan fingerprint density at radius 1 is 1.47 bits per heavy atom. The largest absolute Gasteiger partial charge is 0.488 e. The Morgan fingerprint density at radius 2 is 2.35 bits per heavy atom. The molecule has 2 atom stereocenters. The van der Waals surface area contributed by atoms with Crippen LogP contribution in [0.5, 0.6) is 5.75 Å². The maximum atomic E-state index is 6.11. The maximum absolute atomic E-state index is 6.11. The Hall–Kier alpha value is -1.09. The molecule has 2 rings (SSSR count). The molecule has 1 aromatic rings. The number of hydrogen-bond acceptors (Lipinski definition) is 3. The van der Waals surface area contributed by atoms with Gasteiger partial charge >= 0.3 is 0 Å². The van der Waals surface area contributed by atoms with Gasteiger partial charge in [0.15, 0.2) is 0 Å². The van der Waals surface area contributed by atoms with Gasteiger partial charge in [-0.1, -0.05) is 13.3 Å².